The molecular weight excluding hydrogens is 270 g/mol. The van der Waals surface area contributed by atoms with E-state index in [0.29, 0.717) is 22.3 Å². The fraction of sp³-hybridized carbons (Fsp3) is 0.0909. The van der Waals surface area contributed by atoms with Gasteiger partial charge in [-0.1, -0.05) is 11.6 Å². The highest BCUT2D eigenvalue weighted by Crippen LogP contribution is 2.35. The maximum atomic E-state index is 6.01. The lowest BCUT2D eigenvalue weighted by molar-refractivity contribution is 0.174. The monoisotopic (exact) mass is 279 g/mol. The number of hydrazine groups is 1. The quantitative estimate of drug-likeness (QED) is 0.583. The number of nitrogen functional groups attached to an aromatic ring is 1. The Morgan fingerprint density at radius 3 is 2.95 bits per heavy atom. The first-order chi connectivity index (χ1) is 9.26. The lowest BCUT2D eigenvalue weighted by atomic mass is 10.3. The van der Waals surface area contributed by atoms with Gasteiger partial charge in [-0.15, -0.1) is 0 Å². The zero-order chi connectivity index (χ0) is 13.2. The SMILES string of the molecule is NNc1ncc(Cl)c(Nc2ccc3c(c2)OCO3)n1. The van der Waals surface area contributed by atoms with Gasteiger partial charge in [-0.05, 0) is 12.1 Å². The Balaban J connectivity index is 1.88. The summed E-state index contributed by atoms with van der Waals surface area (Å²) in [6, 6.07) is 5.44. The van der Waals surface area contributed by atoms with Gasteiger partial charge in [0.1, 0.15) is 5.02 Å². The average Bonchev–Trinajstić information content (AvgIpc) is 2.89. The van der Waals surface area contributed by atoms with Crippen LogP contribution in [-0.4, -0.2) is 16.8 Å². The van der Waals surface area contributed by atoms with E-state index in [1.54, 1.807) is 6.07 Å². The minimum Gasteiger partial charge on any atom is -0.454 e. The summed E-state index contributed by atoms with van der Waals surface area (Å²) in [7, 11) is 0. The van der Waals surface area contributed by atoms with Crippen LogP contribution in [-0.2, 0) is 0 Å². The number of hydrogen-bond acceptors (Lipinski definition) is 7. The summed E-state index contributed by atoms with van der Waals surface area (Å²) < 4.78 is 10.5. The molecule has 0 unspecified atom stereocenters. The van der Waals surface area contributed by atoms with E-state index in [1.807, 2.05) is 12.1 Å². The second kappa shape index (κ2) is 4.79. The first-order valence-corrected chi connectivity index (χ1v) is 5.80. The number of nitrogens with one attached hydrogen (secondary N) is 2. The van der Waals surface area contributed by atoms with Crippen molar-refractivity contribution < 1.29 is 9.47 Å². The lowest BCUT2D eigenvalue weighted by Gasteiger charge is -2.09. The minimum atomic E-state index is 0.230. The summed E-state index contributed by atoms with van der Waals surface area (Å²) in [6.45, 7) is 0.230. The molecular formula is C11H10ClN5O2. The first-order valence-electron chi connectivity index (χ1n) is 5.42. The van der Waals surface area contributed by atoms with E-state index in [0.717, 1.165) is 5.69 Å². The molecule has 1 aliphatic heterocycles. The fourth-order valence-corrected chi connectivity index (χ4v) is 1.77. The standard InChI is InChI=1S/C11H10ClN5O2/c12-7-4-14-11(17-13)16-10(7)15-6-1-2-8-9(3-6)19-5-18-8/h1-4H,5,13H2,(H2,14,15,16,17). The van der Waals surface area contributed by atoms with Crippen molar-refractivity contribution in [1.82, 2.24) is 9.97 Å². The summed E-state index contributed by atoms with van der Waals surface area (Å²) in [5, 5.41) is 3.45. The predicted molar refractivity (Wildman–Crippen MR) is 70.7 cm³/mol. The van der Waals surface area contributed by atoms with Crippen LogP contribution in [0.2, 0.25) is 5.02 Å². The molecule has 98 valence electrons. The van der Waals surface area contributed by atoms with Gasteiger partial charge in [-0.2, -0.15) is 4.98 Å². The largest absolute Gasteiger partial charge is 0.454 e. The second-order valence-corrected chi connectivity index (χ2v) is 4.13. The van der Waals surface area contributed by atoms with E-state index in [4.69, 9.17) is 26.9 Å². The van der Waals surface area contributed by atoms with Gasteiger partial charge in [0.2, 0.25) is 12.7 Å². The van der Waals surface area contributed by atoms with Crippen molar-refractivity contribution in [2.75, 3.05) is 17.5 Å². The number of ether oxygens (including phenoxy) is 2. The third-order valence-electron chi connectivity index (χ3n) is 2.51. The molecule has 0 saturated carbocycles. The molecule has 1 aromatic carbocycles. The Kier molecular flexibility index (Phi) is 2.98. The fourth-order valence-electron chi connectivity index (χ4n) is 1.64. The summed E-state index contributed by atoms with van der Waals surface area (Å²) in [6.07, 6.45) is 1.46. The lowest BCUT2D eigenvalue weighted by Crippen LogP contribution is -2.11. The molecule has 0 saturated heterocycles. The number of benzene rings is 1. The molecule has 0 radical (unpaired) electrons. The van der Waals surface area contributed by atoms with Crippen LogP contribution in [0.3, 0.4) is 0 Å². The molecule has 0 atom stereocenters. The second-order valence-electron chi connectivity index (χ2n) is 3.73. The van der Waals surface area contributed by atoms with Crippen LogP contribution in [0.15, 0.2) is 24.4 Å². The van der Waals surface area contributed by atoms with E-state index in [2.05, 4.69) is 20.7 Å². The van der Waals surface area contributed by atoms with Crippen molar-refractivity contribution >= 4 is 29.1 Å². The molecule has 1 aliphatic rings. The number of halogens is 1. The third kappa shape index (κ3) is 2.33. The Morgan fingerprint density at radius 2 is 2.11 bits per heavy atom. The Hall–Kier alpha value is -2.25. The zero-order valence-corrected chi connectivity index (χ0v) is 10.4. The molecule has 3 rings (SSSR count). The smallest absolute Gasteiger partial charge is 0.239 e. The van der Waals surface area contributed by atoms with Gasteiger partial charge in [0.05, 0.1) is 6.20 Å². The van der Waals surface area contributed by atoms with Gasteiger partial charge in [-0.3, -0.25) is 5.43 Å². The summed E-state index contributed by atoms with van der Waals surface area (Å²) in [4.78, 5) is 8.01. The zero-order valence-electron chi connectivity index (χ0n) is 9.68. The molecule has 1 aromatic heterocycles. The first kappa shape index (κ1) is 11.8. The highest BCUT2D eigenvalue weighted by atomic mass is 35.5. The van der Waals surface area contributed by atoms with E-state index >= 15 is 0 Å². The van der Waals surface area contributed by atoms with Gasteiger partial charge >= 0.3 is 0 Å². The highest BCUT2D eigenvalue weighted by Gasteiger charge is 2.14. The van der Waals surface area contributed by atoms with Crippen molar-refractivity contribution in [3.05, 3.63) is 29.4 Å². The number of aromatic nitrogens is 2. The molecule has 8 heteroatoms. The number of fused-ring (bicyclic) bond motifs is 1. The van der Waals surface area contributed by atoms with Gasteiger partial charge in [0, 0.05) is 11.8 Å². The maximum absolute atomic E-state index is 6.01. The molecule has 0 bridgehead atoms. The van der Waals surface area contributed by atoms with Crippen LogP contribution >= 0.6 is 11.6 Å². The molecule has 4 N–H and O–H groups in total. The highest BCUT2D eigenvalue weighted by molar-refractivity contribution is 6.32. The summed E-state index contributed by atoms with van der Waals surface area (Å²) in [5.41, 5.74) is 3.13. The van der Waals surface area contributed by atoms with E-state index in [9.17, 15) is 0 Å². The third-order valence-corrected chi connectivity index (χ3v) is 2.79. The Bertz CT molecular complexity index is 622. The van der Waals surface area contributed by atoms with Crippen LogP contribution in [0.1, 0.15) is 0 Å². The van der Waals surface area contributed by atoms with Gasteiger partial charge in [-0.25, -0.2) is 10.8 Å². The van der Waals surface area contributed by atoms with Gasteiger partial charge < -0.3 is 14.8 Å². The van der Waals surface area contributed by atoms with Crippen molar-refractivity contribution in [1.29, 1.82) is 0 Å². The van der Waals surface area contributed by atoms with Crippen molar-refractivity contribution in [3.63, 3.8) is 0 Å². The normalized spacial score (nSPS) is 12.3. The van der Waals surface area contributed by atoms with Crippen molar-refractivity contribution in [2.24, 2.45) is 5.84 Å². The van der Waals surface area contributed by atoms with Crippen LogP contribution in [0.5, 0.6) is 11.5 Å². The number of anilines is 3. The number of nitrogens with two attached hydrogens (primary N) is 1. The molecule has 0 aliphatic carbocycles. The topological polar surface area (TPSA) is 94.3 Å². The van der Waals surface area contributed by atoms with Crippen LogP contribution in [0, 0.1) is 0 Å². The van der Waals surface area contributed by atoms with Crippen LogP contribution in [0.25, 0.3) is 0 Å². The van der Waals surface area contributed by atoms with E-state index in [1.165, 1.54) is 6.20 Å². The molecule has 19 heavy (non-hydrogen) atoms. The van der Waals surface area contributed by atoms with Gasteiger partial charge in [0.25, 0.3) is 0 Å². The van der Waals surface area contributed by atoms with E-state index < -0.39 is 0 Å². The minimum absolute atomic E-state index is 0.230. The maximum Gasteiger partial charge on any atom is 0.239 e. The number of hydrogen-bond donors (Lipinski definition) is 3. The van der Waals surface area contributed by atoms with Crippen LogP contribution < -0.4 is 26.1 Å². The molecule has 0 amide bonds. The Morgan fingerprint density at radius 1 is 1.26 bits per heavy atom. The number of rotatable bonds is 3. The van der Waals surface area contributed by atoms with E-state index in [-0.39, 0.29) is 12.7 Å². The molecule has 2 aromatic rings. The van der Waals surface area contributed by atoms with Gasteiger partial charge in [0.15, 0.2) is 17.3 Å². The molecule has 7 nitrogen and oxygen atoms in total. The Labute approximate surface area is 113 Å². The van der Waals surface area contributed by atoms with Crippen molar-refractivity contribution in [3.8, 4) is 11.5 Å². The molecule has 0 fully saturated rings. The summed E-state index contributed by atoms with van der Waals surface area (Å²) in [5.74, 6) is 7.36. The van der Waals surface area contributed by atoms with Crippen molar-refractivity contribution in [2.45, 2.75) is 0 Å². The number of nitrogens with zero attached hydrogens (tertiary/aromatic N) is 2. The van der Waals surface area contributed by atoms with Crippen LogP contribution in [0.4, 0.5) is 17.5 Å². The summed E-state index contributed by atoms with van der Waals surface area (Å²) >= 11 is 6.01. The predicted octanol–water partition coefficient (Wildman–Crippen LogP) is 1.89. The molecule has 0 spiro atoms. The average molecular weight is 280 g/mol. The molecule has 2 heterocycles.